The van der Waals surface area contributed by atoms with E-state index in [0.717, 1.165) is 13.0 Å². The molecule has 0 aromatic carbocycles. The van der Waals surface area contributed by atoms with Gasteiger partial charge >= 0.3 is 0 Å². The van der Waals surface area contributed by atoms with Crippen LogP contribution in [0.4, 0.5) is 0 Å². The fraction of sp³-hybridized carbons (Fsp3) is 0.545. The van der Waals surface area contributed by atoms with Crippen LogP contribution in [-0.2, 0) is 11.2 Å². The molecular weight excluding hydrogens is 208 g/mol. The third-order valence-corrected chi connectivity index (χ3v) is 3.95. The predicted molar refractivity (Wildman–Crippen MR) is 61.8 cm³/mol. The second-order valence-electron chi connectivity index (χ2n) is 3.85. The van der Waals surface area contributed by atoms with Crippen LogP contribution in [0.5, 0.6) is 0 Å². The summed E-state index contributed by atoms with van der Waals surface area (Å²) in [5.74, 6) is 0.182. The topological polar surface area (TPSA) is 46.3 Å². The van der Waals surface area contributed by atoms with Crippen LogP contribution >= 0.6 is 11.3 Å². The Balaban J connectivity index is 2.16. The minimum atomic E-state index is 0.182. The summed E-state index contributed by atoms with van der Waals surface area (Å²) >= 11 is 1.79. The second-order valence-corrected chi connectivity index (χ2v) is 4.85. The fourth-order valence-corrected chi connectivity index (χ4v) is 3.08. The Morgan fingerprint density at radius 2 is 2.53 bits per heavy atom. The first-order valence-electron chi connectivity index (χ1n) is 5.30. The number of hydrogen-bond acceptors (Lipinski definition) is 3. The minimum Gasteiger partial charge on any atom is -0.335 e. The lowest BCUT2D eigenvalue weighted by atomic mass is 10.0. The molecule has 1 aromatic heterocycles. The molecule has 0 bridgehead atoms. The first kappa shape index (κ1) is 10.6. The maximum atomic E-state index is 11.8. The standard InChI is InChI=1S/C11H16N2OS/c1-8-9-4-7-15-10(9)3-6-13(8)11(14)2-5-12/h4,7-8H,2-3,5-6,12H2,1H3. The Kier molecular flexibility index (Phi) is 3.07. The molecule has 0 spiro atoms. The molecule has 2 N–H and O–H groups in total. The van der Waals surface area contributed by atoms with Crippen LogP contribution < -0.4 is 5.73 Å². The molecule has 0 radical (unpaired) electrons. The highest BCUT2D eigenvalue weighted by atomic mass is 32.1. The molecule has 4 heteroatoms. The van der Waals surface area contributed by atoms with Gasteiger partial charge in [0.25, 0.3) is 0 Å². The van der Waals surface area contributed by atoms with Crippen molar-refractivity contribution in [3.63, 3.8) is 0 Å². The number of amides is 1. The van der Waals surface area contributed by atoms with Gasteiger partial charge in [-0.05, 0) is 30.4 Å². The lowest BCUT2D eigenvalue weighted by molar-refractivity contribution is -0.133. The maximum Gasteiger partial charge on any atom is 0.224 e. The van der Waals surface area contributed by atoms with Crippen LogP contribution in [-0.4, -0.2) is 23.9 Å². The molecule has 1 aromatic rings. The van der Waals surface area contributed by atoms with Crippen molar-refractivity contribution in [1.82, 2.24) is 4.90 Å². The molecule has 1 amide bonds. The molecule has 82 valence electrons. The van der Waals surface area contributed by atoms with Gasteiger partial charge in [0.05, 0.1) is 6.04 Å². The van der Waals surface area contributed by atoms with Crippen LogP contribution in [0, 0.1) is 0 Å². The summed E-state index contributed by atoms with van der Waals surface area (Å²) in [5, 5.41) is 2.11. The summed E-state index contributed by atoms with van der Waals surface area (Å²) in [7, 11) is 0. The number of nitrogens with two attached hydrogens (primary N) is 1. The quantitative estimate of drug-likeness (QED) is 0.828. The van der Waals surface area contributed by atoms with Gasteiger partial charge in [0.1, 0.15) is 0 Å². The molecule has 0 saturated carbocycles. The summed E-state index contributed by atoms with van der Waals surface area (Å²) in [6, 6.07) is 2.35. The van der Waals surface area contributed by atoms with Gasteiger partial charge in [-0.1, -0.05) is 0 Å². The van der Waals surface area contributed by atoms with Crippen LogP contribution in [0.25, 0.3) is 0 Å². The van der Waals surface area contributed by atoms with Gasteiger partial charge in [0.2, 0.25) is 5.91 Å². The summed E-state index contributed by atoms with van der Waals surface area (Å²) in [6.45, 7) is 3.38. The molecule has 0 fully saturated rings. The number of rotatable bonds is 2. The van der Waals surface area contributed by atoms with Gasteiger partial charge in [-0.2, -0.15) is 0 Å². The van der Waals surface area contributed by atoms with Gasteiger partial charge in [-0.3, -0.25) is 4.79 Å². The normalized spacial score (nSPS) is 20.1. The van der Waals surface area contributed by atoms with Crippen molar-refractivity contribution in [1.29, 1.82) is 0 Å². The predicted octanol–water partition coefficient (Wildman–Crippen LogP) is 1.54. The van der Waals surface area contributed by atoms with E-state index in [9.17, 15) is 4.79 Å². The summed E-state index contributed by atoms with van der Waals surface area (Å²) in [4.78, 5) is 15.2. The summed E-state index contributed by atoms with van der Waals surface area (Å²) in [5.41, 5.74) is 6.73. The molecule has 1 aliphatic rings. The molecular formula is C11H16N2OS. The fourth-order valence-electron chi connectivity index (χ4n) is 2.12. The van der Waals surface area contributed by atoms with Crippen LogP contribution in [0.1, 0.15) is 29.8 Å². The van der Waals surface area contributed by atoms with E-state index < -0.39 is 0 Å². The first-order chi connectivity index (χ1) is 7.24. The summed E-state index contributed by atoms with van der Waals surface area (Å²) < 4.78 is 0. The molecule has 0 aliphatic carbocycles. The monoisotopic (exact) mass is 224 g/mol. The van der Waals surface area contributed by atoms with Crippen LogP contribution in [0.2, 0.25) is 0 Å². The van der Waals surface area contributed by atoms with Gasteiger partial charge in [-0.15, -0.1) is 11.3 Å². The van der Waals surface area contributed by atoms with Crippen molar-refractivity contribution in [3.8, 4) is 0 Å². The van der Waals surface area contributed by atoms with E-state index in [1.807, 2.05) is 4.90 Å². The van der Waals surface area contributed by atoms with Crippen molar-refractivity contribution >= 4 is 17.2 Å². The SMILES string of the molecule is CC1c2ccsc2CCN1C(=O)CCN. The molecule has 2 heterocycles. The van der Waals surface area contributed by atoms with Crippen molar-refractivity contribution in [2.45, 2.75) is 25.8 Å². The van der Waals surface area contributed by atoms with Crippen molar-refractivity contribution < 1.29 is 4.79 Å². The average molecular weight is 224 g/mol. The molecule has 2 rings (SSSR count). The smallest absolute Gasteiger partial charge is 0.224 e. The van der Waals surface area contributed by atoms with E-state index >= 15 is 0 Å². The number of carbonyl (C=O) groups excluding carboxylic acids is 1. The van der Waals surface area contributed by atoms with Crippen molar-refractivity contribution in [3.05, 3.63) is 21.9 Å². The highest BCUT2D eigenvalue weighted by molar-refractivity contribution is 7.10. The zero-order valence-electron chi connectivity index (χ0n) is 8.90. The number of hydrogen-bond donors (Lipinski definition) is 1. The molecule has 1 atom stereocenters. The Morgan fingerprint density at radius 3 is 3.27 bits per heavy atom. The van der Waals surface area contributed by atoms with E-state index in [4.69, 9.17) is 5.73 Å². The van der Waals surface area contributed by atoms with E-state index in [1.54, 1.807) is 11.3 Å². The molecule has 0 saturated heterocycles. The Hall–Kier alpha value is -0.870. The number of carbonyl (C=O) groups is 1. The molecule has 15 heavy (non-hydrogen) atoms. The zero-order valence-corrected chi connectivity index (χ0v) is 9.72. The third kappa shape index (κ3) is 1.92. The Morgan fingerprint density at radius 1 is 1.73 bits per heavy atom. The minimum absolute atomic E-state index is 0.182. The first-order valence-corrected chi connectivity index (χ1v) is 6.18. The lowest BCUT2D eigenvalue weighted by Gasteiger charge is -2.33. The van der Waals surface area contributed by atoms with Gasteiger partial charge in [0.15, 0.2) is 0 Å². The zero-order chi connectivity index (χ0) is 10.8. The highest BCUT2D eigenvalue weighted by Crippen LogP contribution is 2.32. The van der Waals surface area contributed by atoms with Gasteiger partial charge < -0.3 is 10.6 Å². The van der Waals surface area contributed by atoms with E-state index in [1.165, 1.54) is 10.4 Å². The summed E-state index contributed by atoms with van der Waals surface area (Å²) in [6.07, 6.45) is 1.46. The lowest BCUT2D eigenvalue weighted by Crippen LogP contribution is -2.39. The molecule has 1 unspecified atom stereocenters. The second kappa shape index (κ2) is 4.33. The van der Waals surface area contributed by atoms with Gasteiger partial charge in [0, 0.05) is 24.4 Å². The van der Waals surface area contributed by atoms with E-state index in [-0.39, 0.29) is 11.9 Å². The van der Waals surface area contributed by atoms with E-state index in [2.05, 4.69) is 18.4 Å². The number of nitrogens with zero attached hydrogens (tertiary/aromatic N) is 1. The van der Waals surface area contributed by atoms with Crippen LogP contribution in [0.15, 0.2) is 11.4 Å². The Bertz CT molecular complexity index is 361. The molecule has 1 aliphatic heterocycles. The number of fused-ring (bicyclic) bond motifs is 1. The van der Waals surface area contributed by atoms with Gasteiger partial charge in [-0.25, -0.2) is 0 Å². The van der Waals surface area contributed by atoms with Crippen LogP contribution in [0.3, 0.4) is 0 Å². The number of thiophene rings is 1. The maximum absolute atomic E-state index is 11.8. The van der Waals surface area contributed by atoms with E-state index in [0.29, 0.717) is 13.0 Å². The highest BCUT2D eigenvalue weighted by Gasteiger charge is 2.27. The van der Waals surface area contributed by atoms with Crippen molar-refractivity contribution in [2.24, 2.45) is 5.73 Å². The van der Waals surface area contributed by atoms with Crippen molar-refractivity contribution in [2.75, 3.05) is 13.1 Å². The largest absolute Gasteiger partial charge is 0.335 e. The third-order valence-electron chi connectivity index (χ3n) is 2.96. The average Bonchev–Trinajstić information content (AvgIpc) is 2.67. The molecule has 3 nitrogen and oxygen atoms in total. The Labute approximate surface area is 93.9 Å².